The lowest BCUT2D eigenvalue weighted by atomic mass is 9.89. The first-order valence-electron chi connectivity index (χ1n) is 19.1. The lowest BCUT2D eigenvalue weighted by Crippen LogP contribution is -2.48. The molecule has 2 aromatic rings. The van der Waals surface area contributed by atoms with Gasteiger partial charge in [-0.05, 0) is 80.3 Å². The number of hydrogen-bond donors (Lipinski definition) is 0. The van der Waals surface area contributed by atoms with Gasteiger partial charge in [0.1, 0.15) is 0 Å². The van der Waals surface area contributed by atoms with Crippen LogP contribution < -0.4 is 9.80 Å². The first-order chi connectivity index (χ1) is 23.1. The van der Waals surface area contributed by atoms with E-state index in [0.717, 1.165) is 6.61 Å². The van der Waals surface area contributed by atoms with Crippen LogP contribution in [0.2, 0.25) is 23.7 Å². The summed E-state index contributed by atoms with van der Waals surface area (Å²) in [5.74, 6) is 3.60. The number of fused-ring (bicyclic) bond motifs is 10. The van der Waals surface area contributed by atoms with E-state index < -0.39 is 8.07 Å². The standard InChI is InChI=1S/C44H58N2OSi/c1-29-24-25-37-35(28-29)39-41(46(37)6)31-19-11-13-21-33(31)43(39)48(7,27-17-9-8-16-26-47-44(2,3)4)42-32-20-12-10-18-30(32)40-38(42)34-22-14-15-23-36(34)45(40)5/h10-15,18-25,28,30-33,38-43H,8-9,16-17,26-27H2,1-7H3. The molecule has 2 fully saturated rings. The second kappa shape index (κ2) is 12.2. The Hall–Kier alpha value is -2.82. The Bertz CT molecular complexity index is 1650. The maximum Gasteiger partial charge on any atom is 0.0598 e. The molecular weight excluding hydrogens is 601 g/mol. The molecule has 254 valence electrons. The number of likely N-dealkylation sites (N-methyl/N-ethyl adjacent to an activating group) is 2. The van der Waals surface area contributed by atoms with Gasteiger partial charge >= 0.3 is 0 Å². The predicted molar refractivity (Wildman–Crippen MR) is 206 cm³/mol. The lowest BCUT2D eigenvalue weighted by Gasteiger charge is -2.48. The van der Waals surface area contributed by atoms with Gasteiger partial charge in [-0.2, -0.15) is 0 Å². The molecule has 3 nitrogen and oxygen atoms in total. The quantitative estimate of drug-likeness (QED) is 0.197. The van der Waals surface area contributed by atoms with Crippen LogP contribution in [-0.2, 0) is 4.74 Å². The minimum absolute atomic E-state index is 0.0473. The number of hydrogen-bond acceptors (Lipinski definition) is 3. The van der Waals surface area contributed by atoms with Crippen LogP contribution >= 0.6 is 0 Å². The van der Waals surface area contributed by atoms with Crippen molar-refractivity contribution in [2.45, 2.75) is 107 Å². The zero-order valence-corrected chi connectivity index (χ0v) is 31.5. The molecule has 48 heavy (non-hydrogen) atoms. The summed E-state index contributed by atoms with van der Waals surface area (Å²) in [4.78, 5) is 5.39. The fourth-order valence-corrected chi connectivity index (χ4v) is 19.0. The first-order valence-corrected chi connectivity index (χ1v) is 22.0. The lowest BCUT2D eigenvalue weighted by molar-refractivity contribution is -0.00471. The van der Waals surface area contributed by atoms with Gasteiger partial charge in [0.15, 0.2) is 0 Å². The fourth-order valence-electron chi connectivity index (χ4n) is 12.1. The van der Waals surface area contributed by atoms with Crippen LogP contribution in [0.3, 0.4) is 0 Å². The van der Waals surface area contributed by atoms with Gasteiger partial charge in [0.2, 0.25) is 0 Å². The molecule has 4 heteroatoms. The fraction of sp³-hybridized carbons (Fsp3) is 0.545. The molecule has 8 rings (SSSR count). The zero-order chi connectivity index (χ0) is 33.4. The van der Waals surface area contributed by atoms with Crippen molar-refractivity contribution in [3.8, 4) is 0 Å². The number of allylic oxidation sites excluding steroid dienone is 6. The third-order valence-electron chi connectivity index (χ3n) is 13.7. The van der Waals surface area contributed by atoms with Gasteiger partial charge in [-0.15, -0.1) is 0 Å². The molecule has 11 unspecified atom stereocenters. The average Bonchev–Trinajstić information content (AvgIpc) is 3.77. The summed E-state index contributed by atoms with van der Waals surface area (Å²) in [5, 5.41) is 0. The number of para-hydroxylation sites is 1. The topological polar surface area (TPSA) is 15.7 Å². The Morgan fingerprint density at radius 1 is 0.667 bits per heavy atom. The van der Waals surface area contributed by atoms with E-state index in [1.165, 1.54) is 48.7 Å². The number of benzene rings is 2. The Labute approximate surface area is 291 Å². The van der Waals surface area contributed by atoms with E-state index >= 15 is 0 Å². The van der Waals surface area contributed by atoms with Crippen molar-refractivity contribution in [3.05, 3.63) is 108 Å². The van der Waals surface area contributed by atoms with E-state index in [-0.39, 0.29) is 5.60 Å². The van der Waals surface area contributed by atoms with Gasteiger partial charge in [-0.3, -0.25) is 0 Å². The smallest absolute Gasteiger partial charge is 0.0598 e. The molecule has 2 aliphatic heterocycles. The molecule has 6 aliphatic rings. The summed E-state index contributed by atoms with van der Waals surface area (Å²) in [5.41, 5.74) is 9.05. The molecule has 0 amide bonds. The number of unbranched alkanes of at least 4 members (excludes halogenated alkanes) is 3. The van der Waals surface area contributed by atoms with Crippen molar-refractivity contribution in [2.75, 3.05) is 30.5 Å². The van der Waals surface area contributed by atoms with Gasteiger partial charge < -0.3 is 14.5 Å². The highest BCUT2D eigenvalue weighted by Gasteiger charge is 2.67. The number of ether oxygens (including phenoxy) is 1. The highest BCUT2D eigenvalue weighted by Crippen LogP contribution is 2.71. The summed E-state index contributed by atoms with van der Waals surface area (Å²) < 4.78 is 6.12. The predicted octanol–water partition coefficient (Wildman–Crippen LogP) is 10.4. The van der Waals surface area contributed by atoms with Crippen molar-refractivity contribution in [2.24, 2.45) is 23.7 Å². The molecule has 2 aromatic carbocycles. The molecule has 2 saturated carbocycles. The van der Waals surface area contributed by atoms with Crippen LogP contribution in [0.5, 0.6) is 0 Å². The zero-order valence-electron chi connectivity index (χ0n) is 30.5. The maximum absolute atomic E-state index is 6.12. The second-order valence-corrected chi connectivity index (χ2v) is 22.3. The van der Waals surface area contributed by atoms with Crippen LogP contribution in [0.15, 0.2) is 91.1 Å². The Morgan fingerprint density at radius 2 is 1.21 bits per heavy atom. The molecule has 0 radical (unpaired) electrons. The van der Waals surface area contributed by atoms with Crippen LogP contribution in [0, 0.1) is 30.6 Å². The van der Waals surface area contributed by atoms with E-state index in [9.17, 15) is 0 Å². The summed E-state index contributed by atoms with van der Waals surface area (Å²) in [6.07, 6.45) is 25.2. The van der Waals surface area contributed by atoms with E-state index in [1.807, 2.05) is 0 Å². The summed E-state index contributed by atoms with van der Waals surface area (Å²) >= 11 is 0. The molecule has 0 spiro atoms. The van der Waals surface area contributed by atoms with E-state index in [4.69, 9.17) is 4.74 Å². The van der Waals surface area contributed by atoms with Crippen molar-refractivity contribution >= 4 is 19.4 Å². The maximum atomic E-state index is 6.12. The molecule has 11 atom stereocenters. The summed E-state index contributed by atoms with van der Waals surface area (Å²) in [7, 11) is 2.76. The molecule has 2 heterocycles. The van der Waals surface area contributed by atoms with Gasteiger partial charge in [-0.25, -0.2) is 0 Å². The Morgan fingerprint density at radius 3 is 1.83 bits per heavy atom. The van der Waals surface area contributed by atoms with E-state index in [1.54, 1.807) is 11.1 Å². The summed E-state index contributed by atoms with van der Waals surface area (Å²) in [6.45, 7) is 12.6. The first kappa shape index (κ1) is 32.4. The van der Waals surface area contributed by atoms with Crippen LogP contribution in [0.1, 0.15) is 75.0 Å². The molecule has 4 aliphatic carbocycles. The molecule has 0 saturated heterocycles. The minimum atomic E-state index is -2.04. The number of nitrogens with zero attached hydrogens (tertiary/aromatic N) is 2. The SMILES string of the molecule is Cc1ccc2c(c1)C1C(C3C=CC=CC3C1[Si](C)(CCCCCCOC(C)(C)C)C1C3C=CC=CC3C3C1c1ccccc1N3C)N2C. The van der Waals surface area contributed by atoms with Crippen LogP contribution in [-0.4, -0.2) is 46.5 Å². The van der Waals surface area contributed by atoms with Gasteiger partial charge in [0.25, 0.3) is 0 Å². The van der Waals surface area contributed by atoms with Crippen molar-refractivity contribution in [1.82, 2.24) is 0 Å². The minimum Gasteiger partial charge on any atom is -0.376 e. The summed E-state index contributed by atoms with van der Waals surface area (Å²) in [6, 6.07) is 19.4. The van der Waals surface area contributed by atoms with Crippen LogP contribution in [0.25, 0.3) is 0 Å². The highest BCUT2D eigenvalue weighted by atomic mass is 28.3. The average molecular weight is 659 g/mol. The Balaban J connectivity index is 1.22. The third-order valence-corrected chi connectivity index (χ3v) is 19.7. The largest absolute Gasteiger partial charge is 0.376 e. The van der Waals surface area contributed by atoms with Gasteiger partial charge in [0, 0.05) is 67.8 Å². The number of aryl methyl sites for hydroxylation is 1. The van der Waals surface area contributed by atoms with Crippen molar-refractivity contribution in [1.29, 1.82) is 0 Å². The number of rotatable bonds is 9. The Kier molecular flexibility index (Phi) is 8.23. The molecule has 0 aromatic heterocycles. The number of anilines is 2. The van der Waals surface area contributed by atoms with Crippen LogP contribution in [0.4, 0.5) is 11.4 Å². The van der Waals surface area contributed by atoms with Gasteiger partial charge in [0.05, 0.1) is 13.7 Å². The molecular formula is C44H58N2OSi. The molecule has 0 N–H and O–H groups in total. The normalized spacial score (nSPS) is 34.9. The monoisotopic (exact) mass is 658 g/mol. The third kappa shape index (κ3) is 5.06. The van der Waals surface area contributed by atoms with E-state index in [2.05, 4.69) is 149 Å². The van der Waals surface area contributed by atoms with Crippen molar-refractivity contribution in [3.63, 3.8) is 0 Å². The highest BCUT2D eigenvalue weighted by molar-refractivity contribution is 6.82. The van der Waals surface area contributed by atoms with Gasteiger partial charge in [-0.1, -0.05) is 116 Å². The second-order valence-electron chi connectivity index (χ2n) is 17.4. The molecule has 0 bridgehead atoms. The van der Waals surface area contributed by atoms with E-state index in [0.29, 0.717) is 58.7 Å². The van der Waals surface area contributed by atoms with Crippen molar-refractivity contribution < 1.29 is 4.74 Å².